The van der Waals surface area contributed by atoms with E-state index in [4.69, 9.17) is 16.6 Å². The molecule has 0 saturated carbocycles. The molecule has 0 spiro atoms. The molecule has 2 aliphatic heterocycles. The van der Waals surface area contributed by atoms with E-state index < -0.39 is 0 Å². The second-order valence-electron chi connectivity index (χ2n) is 12.0. The Morgan fingerprint density at radius 3 is 2.67 bits per heavy atom. The van der Waals surface area contributed by atoms with Crippen LogP contribution >= 0.6 is 22.9 Å². The van der Waals surface area contributed by atoms with Gasteiger partial charge in [0.25, 0.3) is 0 Å². The largest absolute Gasteiger partial charge is 0.366 e. The van der Waals surface area contributed by atoms with Crippen LogP contribution in [0.1, 0.15) is 65.3 Å². The summed E-state index contributed by atoms with van der Waals surface area (Å²) in [5.41, 5.74) is 7.27. The Morgan fingerprint density at radius 1 is 1.19 bits per heavy atom. The van der Waals surface area contributed by atoms with E-state index in [1.54, 1.807) is 11.3 Å². The Kier molecular flexibility index (Phi) is 10.1. The molecular formula is C35H45ClN4OS. The van der Waals surface area contributed by atoms with Crippen molar-refractivity contribution >= 4 is 34.4 Å². The standard InChI is InChI=1S/C35H45ClN4OS/c1-6-25-9-8-10-26(7-2)33(25)40-17-15-28(34-38-31(22-42-34)27-11-13-29(36)14-12-27)20-30(32(40)19-23(3)4)35(41)39-18-16-37-21-24(39)5/h8-9,11-14,19-20,22,24,26,30,32,37H,6-7,10,15-18,21H2,1-5H3/t24-,26?,30?,32?/m0/s1. The van der Waals surface area contributed by atoms with Crippen LogP contribution < -0.4 is 5.32 Å². The molecule has 1 N–H and O–H groups in total. The van der Waals surface area contributed by atoms with Gasteiger partial charge in [0.05, 0.1) is 17.7 Å². The average Bonchev–Trinajstić information content (AvgIpc) is 3.41. The maximum atomic E-state index is 14.6. The maximum Gasteiger partial charge on any atom is 0.232 e. The molecule has 5 nitrogen and oxygen atoms in total. The number of hydrogen-bond donors (Lipinski definition) is 1. The summed E-state index contributed by atoms with van der Waals surface area (Å²) < 4.78 is 0. The zero-order valence-electron chi connectivity index (χ0n) is 25.7. The number of allylic oxidation sites excluding steroid dienone is 5. The fourth-order valence-electron chi connectivity index (χ4n) is 6.64. The van der Waals surface area contributed by atoms with Gasteiger partial charge in [0, 0.05) is 59.8 Å². The van der Waals surface area contributed by atoms with Gasteiger partial charge in [-0.25, -0.2) is 4.98 Å². The van der Waals surface area contributed by atoms with Gasteiger partial charge in [-0.15, -0.1) is 11.3 Å². The zero-order chi connectivity index (χ0) is 29.8. The van der Waals surface area contributed by atoms with E-state index >= 15 is 0 Å². The highest BCUT2D eigenvalue weighted by Crippen LogP contribution is 2.40. The van der Waals surface area contributed by atoms with Crippen molar-refractivity contribution in [3.05, 3.63) is 80.8 Å². The van der Waals surface area contributed by atoms with Crippen molar-refractivity contribution in [2.45, 2.75) is 72.4 Å². The second kappa shape index (κ2) is 13.7. The Hall–Kier alpha value is -2.67. The van der Waals surface area contributed by atoms with E-state index in [9.17, 15) is 4.79 Å². The summed E-state index contributed by atoms with van der Waals surface area (Å²) in [7, 11) is 0. The van der Waals surface area contributed by atoms with Gasteiger partial charge in [0.15, 0.2) is 0 Å². The van der Waals surface area contributed by atoms with Crippen LogP contribution in [-0.4, -0.2) is 59.0 Å². The molecule has 3 heterocycles. The number of piperazine rings is 1. The molecule has 224 valence electrons. The third-order valence-corrected chi connectivity index (χ3v) is 10.0. The van der Waals surface area contributed by atoms with Crippen LogP contribution in [0.25, 0.3) is 16.8 Å². The lowest BCUT2D eigenvalue weighted by Gasteiger charge is -2.43. The number of rotatable bonds is 7. The maximum absolute atomic E-state index is 14.6. The number of hydrogen-bond acceptors (Lipinski definition) is 5. The molecule has 0 radical (unpaired) electrons. The van der Waals surface area contributed by atoms with Gasteiger partial charge >= 0.3 is 0 Å². The number of carbonyl (C=O) groups excluding carboxylic acids is 1. The number of amides is 1. The highest BCUT2D eigenvalue weighted by molar-refractivity contribution is 7.11. The molecule has 1 saturated heterocycles. The highest BCUT2D eigenvalue weighted by atomic mass is 35.5. The van der Waals surface area contributed by atoms with Gasteiger partial charge in [-0.2, -0.15) is 0 Å². The molecule has 7 heteroatoms. The minimum Gasteiger partial charge on any atom is -0.366 e. The quantitative estimate of drug-likeness (QED) is 0.326. The van der Waals surface area contributed by atoms with Crippen LogP contribution in [-0.2, 0) is 4.79 Å². The summed E-state index contributed by atoms with van der Waals surface area (Å²) in [6, 6.07) is 7.98. The fourth-order valence-corrected chi connectivity index (χ4v) is 7.65. The Labute approximate surface area is 261 Å². The summed E-state index contributed by atoms with van der Waals surface area (Å²) in [5.74, 6) is 0.392. The van der Waals surface area contributed by atoms with Crippen LogP contribution in [0.4, 0.5) is 0 Å². The van der Waals surface area contributed by atoms with Gasteiger partial charge in [0.1, 0.15) is 5.01 Å². The van der Waals surface area contributed by atoms with Crippen molar-refractivity contribution in [1.29, 1.82) is 0 Å². The highest BCUT2D eigenvalue weighted by Gasteiger charge is 2.40. The summed E-state index contributed by atoms with van der Waals surface area (Å²) in [5, 5.41) is 7.31. The van der Waals surface area contributed by atoms with Crippen molar-refractivity contribution < 1.29 is 4.79 Å². The van der Waals surface area contributed by atoms with Crippen LogP contribution in [0.3, 0.4) is 0 Å². The minimum atomic E-state index is -0.296. The summed E-state index contributed by atoms with van der Waals surface area (Å²) in [6.07, 6.45) is 13.3. The number of aromatic nitrogens is 1. The van der Waals surface area contributed by atoms with E-state index in [2.05, 4.69) is 79.4 Å². The smallest absolute Gasteiger partial charge is 0.232 e. The number of carbonyl (C=O) groups is 1. The minimum absolute atomic E-state index is 0.0464. The summed E-state index contributed by atoms with van der Waals surface area (Å²) in [4.78, 5) is 24.4. The van der Waals surface area contributed by atoms with Crippen molar-refractivity contribution in [3.8, 4) is 11.3 Å². The van der Waals surface area contributed by atoms with E-state index in [1.807, 2.05) is 24.3 Å². The van der Waals surface area contributed by atoms with Gasteiger partial charge < -0.3 is 15.1 Å². The molecule has 1 aliphatic carbocycles. The molecule has 1 aromatic carbocycles. The first-order chi connectivity index (χ1) is 20.3. The first kappa shape index (κ1) is 30.8. The number of nitrogens with zero attached hydrogens (tertiary/aromatic N) is 3. The third-order valence-electron chi connectivity index (χ3n) is 8.86. The average molecular weight is 605 g/mol. The van der Waals surface area contributed by atoms with E-state index in [1.165, 1.54) is 22.4 Å². The normalized spacial score (nSPS) is 24.9. The lowest BCUT2D eigenvalue weighted by Crippen LogP contribution is -2.56. The number of halogens is 1. The number of thiazole rings is 1. The monoisotopic (exact) mass is 604 g/mol. The van der Waals surface area contributed by atoms with Gasteiger partial charge in [-0.1, -0.05) is 67.5 Å². The molecule has 4 atom stereocenters. The predicted octanol–water partition coefficient (Wildman–Crippen LogP) is 7.97. The number of nitrogens with one attached hydrogen (secondary N) is 1. The zero-order valence-corrected chi connectivity index (χ0v) is 27.3. The first-order valence-electron chi connectivity index (χ1n) is 15.6. The molecule has 1 amide bonds. The molecule has 42 heavy (non-hydrogen) atoms. The van der Waals surface area contributed by atoms with Crippen LogP contribution in [0.15, 0.2) is 70.8 Å². The van der Waals surface area contributed by atoms with Crippen molar-refractivity contribution in [3.63, 3.8) is 0 Å². The molecule has 0 bridgehead atoms. The topological polar surface area (TPSA) is 48.5 Å². The van der Waals surface area contributed by atoms with Crippen molar-refractivity contribution in [1.82, 2.24) is 20.1 Å². The summed E-state index contributed by atoms with van der Waals surface area (Å²) in [6.45, 7) is 14.3. The molecule has 3 unspecified atom stereocenters. The molecule has 1 aromatic heterocycles. The second-order valence-corrected chi connectivity index (χ2v) is 13.3. The predicted molar refractivity (Wildman–Crippen MR) is 177 cm³/mol. The van der Waals surface area contributed by atoms with E-state index in [0.717, 1.165) is 73.1 Å². The lowest BCUT2D eigenvalue weighted by molar-refractivity contribution is -0.138. The summed E-state index contributed by atoms with van der Waals surface area (Å²) >= 11 is 7.82. The van der Waals surface area contributed by atoms with Gasteiger partial charge in [0.2, 0.25) is 5.91 Å². The number of benzene rings is 1. The van der Waals surface area contributed by atoms with Crippen LogP contribution in [0, 0.1) is 11.8 Å². The molecular weight excluding hydrogens is 560 g/mol. The van der Waals surface area contributed by atoms with E-state index in [-0.39, 0.29) is 23.9 Å². The first-order valence-corrected chi connectivity index (χ1v) is 16.8. The Morgan fingerprint density at radius 2 is 1.98 bits per heavy atom. The van der Waals surface area contributed by atoms with Crippen LogP contribution in [0.5, 0.6) is 0 Å². The van der Waals surface area contributed by atoms with Crippen LogP contribution in [0.2, 0.25) is 5.02 Å². The molecule has 3 aliphatic rings. The SMILES string of the molecule is CCC1=C(N2CCC(c3nc(-c4ccc(Cl)cc4)cs3)=CC(C(=O)N3CCNC[C@@H]3C)C2C=C(C)C)C(CC)CC=C1. The lowest BCUT2D eigenvalue weighted by atomic mass is 9.85. The Bertz CT molecular complexity index is 1380. The fraction of sp³-hybridized carbons (Fsp3) is 0.486. The molecule has 5 rings (SSSR count). The van der Waals surface area contributed by atoms with E-state index in [0.29, 0.717) is 5.92 Å². The van der Waals surface area contributed by atoms with Crippen molar-refractivity contribution in [2.24, 2.45) is 11.8 Å². The van der Waals surface area contributed by atoms with Gasteiger partial charge in [-0.05, 0) is 69.7 Å². The van der Waals surface area contributed by atoms with Gasteiger partial charge in [-0.3, -0.25) is 4.79 Å². The third kappa shape index (κ3) is 6.61. The van der Waals surface area contributed by atoms with Crippen molar-refractivity contribution in [2.75, 3.05) is 26.2 Å². The molecule has 2 aromatic rings. The Balaban J connectivity index is 1.61. The molecule has 1 fully saturated rings.